The maximum Gasteiger partial charge on any atom is 0.159 e. The van der Waals surface area contributed by atoms with Crippen molar-refractivity contribution in [3.63, 3.8) is 0 Å². The summed E-state index contributed by atoms with van der Waals surface area (Å²) in [5, 5.41) is 9.39. The first-order valence-corrected chi connectivity index (χ1v) is 5.67. The van der Waals surface area contributed by atoms with Crippen LogP contribution in [0.5, 0.6) is 0 Å². The lowest BCUT2D eigenvalue weighted by Gasteiger charge is -2.06. The van der Waals surface area contributed by atoms with E-state index < -0.39 is 0 Å². The fraction of sp³-hybridized carbons (Fsp3) is 0.0625. The average molecular weight is 238 g/mol. The monoisotopic (exact) mass is 238 g/mol. The fourth-order valence-corrected chi connectivity index (χ4v) is 1.80. The average Bonchev–Trinajstić information content (AvgIpc) is 2.39. The smallest absolute Gasteiger partial charge is 0.159 e. The van der Waals surface area contributed by atoms with Crippen molar-refractivity contribution in [2.24, 2.45) is 0 Å². The SMILES string of the molecule is C=C(O)c1cccc(-c2cccc(C(C)=O)c2)c1. The van der Waals surface area contributed by atoms with Crippen molar-refractivity contribution in [3.8, 4) is 11.1 Å². The lowest BCUT2D eigenvalue weighted by Crippen LogP contribution is -1.92. The van der Waals surface area contributed by atoms with Gasteiger partial charge in [0.1, 0.15) is 5.76 Å². The number of aliphatic hydroxyl groups is 1. The van der Waals surface area contributed by atoms with Crippen molar-refractivity contribution in [2.45, 2.75) is 6.92 Å². The molecule has 0 fully saturated rings. The molecule has 1 N–H and O–H groups in total. The van der Waals surface area contributed by atoms with Crippen LogP contribution in [0.1, 0.15) is 22.8 Å². The zero-order valence-electron chi connectivity index (χ0n) is 10.2. The highest BCUT2D eigenvalue weighted by Crippen LogP contribution is 2.23. The molecule has 0 aliphatic heterocycles. The van der Waals surface area contributed by atoms with E-state index in [-0.39, 0.29) is 11.5 Å². The third-order valence-corrected chi connectivity index (χ3v) is 2.80. The van der Waals surface area contributed by atoms with Crippen LogP contribution in [0.2, 0.25) is 0 Å². The Hall–Kier alpha value is -2.35. The number of hydrogen-bond donors (Lipinski definition) is 1. The third-order valence-electron chi connectivity index (χ3n) is 2.80. The van der Waals surface area contributed by atoms with E-state index in [0.29, 0.717) is 11.1 Å². The van der Waals surface area contributed by atoms with Crippen molar-refractivity contribution in [3.05, 3.63) is 66.2 Å². The molecule has 0 saturated carbocycles. The van der Waals surface area contributed by atoms with Crippen LogP contribution in [0.15, 0.2) is 55.1 Å². The summed E-state index contributed by atoms with van der Waals surface area (Å²) in [6.07, 6.45) is 0. The molecule has 0 aliphatic carbocycles. The summed E-state index contributed by atoms with van der Waals surface area (Å²) in [4.78, 5) is 11.3. The molecule has 0 atom stereocenters. The highest BCUT2D eigenvalue weighted by Gasteiger charge is 2.04. The summed E-state index contributed by atoms with van der Waals surface area (Å²) < 4.78 is 0. The molecule has 0 aliphatic rings. The predicted octanol–water partition coefficient (Wildman–Crippen LogP) is 4.08. The second-order valence-corrected chi connectivity index (χ2v) is 4.16. The summed E-state index contributed by atoms with van der Waals surface area (Å²) in [7, 11) is 0. The van der Waals surface area contributed by atoms with E-state index in [9.17, 15) is 9.90 Å². The number of rotatable bonds is 3. The number of ketones is 1. The Morgan fingerprint density at radius 2 is 1.50 bits per heavy atom. The van der Waals surface area contributed by atoms with Gasteiger partial charge in [-0.3, -0.25) is 4.79 Å². The summed E-state index contributed by atoms with van der Waals surface area (Å²) in [5.74, 6) is 0.0825. The minimum atomic E-state index is 0.0413. The molecule has 0 unspecified atom stereocenters. The van der Waals surface area contributed by atoms with Gasteiger partial charge in [-0.2, -0.15) is 0 Å². The maximum atomic E-state index is 11.3. The van der Waals surface area contributed by atoms with Gasteiger partial charge in [0.25, 0.3) is 0 Å². The first-order chi connectivity index (χ1) is 8.58. The second kappa shape index (κ2) is 4.88. The summed E-state index contributed by atoms with van der Waals surface area (Å²) in [6.45, 7) is 5.05. The summed E-state index contributed by atoms with van der Waals surface area (Å²) >= 11 is 0. The molecule has 2 nitrogen and oxygen atoms in total. The first-order valence-electron chi connectivity index (χ1n) is 5.67. The standard InChI is InChI=1S/C16H14O2/c1-11(17)13-5-3-7-15(9-13)16-8-4-6-14(10-16)12(2)18/h3-10,17H,1H2,2H3. The van der Waals surface area contributed by atoms with Crippen LogP contribution in [0, 0.1) is 0 Å². The molecule has 2 aromatic rings. The van der Waals surface area contributed by atoms with E-state index in [4.69, 9.17) is 0 Å². The van der Waals surface area contributed by atoms with Crippen molar-refractivity contribution in [1.29, 1.82) is 0 Å². The summed E-state index contributed by atoms with van der Waals surface area (Å²) in [5.41, 5.74) is 3.26. The molecule has 0 spiro atoms. The number of carbonyl (C=O) groups excluding carboxylic acids is 1. The van der Waals surface area contributed by atoms with E-state index in [1.807, 2.05) is 36.4 Å². The zero-order valence-corrected chi connectivity index (χ0v) is 10.2. The van der Waals surface area contributed by atoms with Gasteiger partial charge in [0.2, 0.25) is 0 Å². The lowest BCUT2D eigenvalue weighted by molar-refractivity contribution is 0.101. The normalized spacial score (nSPS) is 10.1. The molecule has 90 valence electrons. The molecule has 2 aromatic carbocycles. The van der Waals surface area contributed by atoms with Crippen LogP contribution in [-0.4, -0.2) is 10.9 Å². The first kappa shape index (κ1) is 12.1. The Morgan fingerprint density at radius 3 is 2.00 bits per heavy atom. The van der Waals surface area contributed by atoms with Gasteiger partial charge in [0.15, 0.2) is 5.78 Å². The van der Waals surface area contributed by atoms with Gasteiger partial charge in [-0.1, -0.05) is 43.0 Å². The van der Waals surface area contributed by atoms with E-state index in [1.165, 1.54) is 0 Å². The van der Waals surface area contributed by atoms with Crippen molar-refractivity contribution in [2.75, 3.05) is 0 Å². The predicted molar refractivity (Wildman–Crippen MR) is 73.5 cm³/mol. The maximum absolute atomic E-state index is 11.3. The van der Waals surface area contributed by atoms with Gasteiger partial charge in [-0.25, -0.2) is 0 Å². The van der Waals surface area contributed by atoms with Crippen molar-refractivity contribution >= 4 is 11.5 Å². The van der Waals surface area contributed by atoms with Gasteiger partial charge < -0.3 is 5.11 Å². The van der Waals surface area contributed by atoms with Crippen LogP contribution in [0.3, 0.4) is 0 Å². The van der Waals surface area contributed by atoms with E-state index in [2.05, 4.69) is 6.58 Å². The van der Waals surface area contributed by atoms with Crippen LogP contribution in [0.25, 0.3) is 16.9 Å². The molecule has 0 saturated heterocycles. The van der Waals surface area contributed by atoms with Gasteiger partial charge in [0, 0.05) is 11.1 Å². The number of benzene rings is 2. The van der Waals surface area contributed by atoms with E-state index >= 15 is 0 Å². The Kier molecular flexibility index (Phi) is 3.28. The number of hydrogen-bond acceptors (Lipinski definition) is 2. The molecule has 18 heavy (non-hydrogen) atoms. The van der Waals surface area contributed by atoms with Gasteiger partial charge in [0.05, 0.1) is 0 Å². The van der Waals surface area contributed by atoms with E-state index in [0.717, 1.165) is 11.1 Å². The van der Waals surface area contributed by atoms with Crippen LogP contribution < -0.4 is 0 Å². The lowest BCUT2D eigenvalue weighted by atomic mass is 10.00. The quantitative estimate of drug-likeness (QED) is 0.646. The second-order valence-electron chi connectivity index (χ2n) is 4.16. The Bertz CT molecular complexity index is 556. The molecule has 0 bridgehead atoms. The Morgan fingerprint density at radius 1 is 1.00 bits per heavy atom. The molecule has 0 amide bonds. The molecule has 2 heteroatoms. The minimum absolute atomic E-state index is 0.0413. The topological polar surface area (TPSA) is 37.3 Å². The van der Waals surface area contributed by atoms with Gasteiger partial charge >= 0.3 is 0 Å². The van der Waals surface area contributed by atoms with Crippen LogP contribution >= 0.6 is 0 Å². The number of aliphatic hydroxyl groups excluding tert-OH is 1. The van der Waals surface area contributed by atoms with E-state index in [1.54, 1.807) is 19.1 Å². The Balaban J connectivity index is 2.48. The minimum Gasteiger partial charge on any atom is -0.508 e. The highest BCUT2D eigenvalue weighted by molar-refractivity contribution is 5.95. The molecule has 0 aromatic heterocycles. The largest absolute Gasteiger partial charge is 0.508 e. The Labute approximate surface area is 106 Å². The van der Waals surface area contributed by atoms with Crippen molar-refractivity contribution in [1.82, 2.24) is 0 Å². The molecular formula is C16H14O2. The van der Waals surface area contributed by atoms with Gasteiger partial charge in [-0.05, 0) is 30.2 Å². The van der Waals surface area contributed by atoms with Crippen molar-refractivity contribution < 1.29 is 9.90 Å². The third kappa shape index (κ3) is 2.48. The zero-order chi connectivity index (χ0) is 13.1. The number of carbonyl (C=O) groups is 1. The fourth-order valence-electron chi connectivity index (χ4n) is 1.80. The molecule has 0 heterocycles. The molecule has 2 rings (SSSR count). The van der Waals surface area contributed by atoms with Crippen LogP contribution in [0.4, 0.5) is 0 Å². The number of Topliss-reactive ketones (excluding diaryl/α,β-unsaturated/α-hetero) is 1. The van der Waals surface area contributed by atoms with Crippen LogP contribution in [-0.2, 0) is 0 Å². The molecular weight excluding hydrogens is 224 g/mol. The molecule has 0 radical (unpaired) electrons. The highest BCUT2D eigenvalue weighted by atomic mass is 16.3. The van der Waals surface area contributed by atoms with Gasteiger partial charge in [-0.15, -0.1) is 0 Å². The summed E-state index contributed by atoms with van der Waals surface area (Å²) in [6, 6.07) is 14.9.